The summed E-state index contributed by atoms with van der Waals surface area (Å²) in [7, 11) is 0. The molecule has 1 N–H and O–H groups in total. The summed E-state index contributed by atoms with van der Waals surface area (Å²) in [6, 6.07) is 8.88. The normalized spacial score (nSPS) is 11.7. The maximum Gasteiger partial charge on any atom is 0.250 e. The fraction of sp³-hybridized carbons (Fsp3) is 0.529. The molecule has 1 aromatic rings. The lowest BCUT2D eigenvalue weighted by molar-refractivity contribution is -0.122. The molecule has 0 aliphatic heterocycles. The van der Waals surface area contributed by atoms with Crippen molar-refractivity contribution in [2.24, 2.45) is 0 Å². The van der Waals surface area contributed by atoms with Gasteiger partial charge in [0.25, 0.3) is 0 Å². The molecule has 4 nitrogen and oxygen atoms in total. The van der Waals surface area contributed by atoms with Crippen LogP contribution in [0.4, 0.5) is 5.69 Å². The number of hydrogen-bond acceptors (Lipinski definition) is 3. The van der Waals surface area contributed by atoms with E-state index in [1.54, 1.807) is 24.3 Å². The van der Waals surface area contributed by atoms with Gasteiger partial charge in [0, 0.05) is 5.69 Å². The Balaban J connectivity index is 2.25. The van der Waals surface area contributed by atoms with Crippen LogP contribution in [0.5, 0.6) is 0 Å². The molecule has 0 aliphatic carbocycles. The summed E-state index contributed by atoms with van der Waals surface area (Å²) in [5, 5.41) is 11.5. The van der Waals surface area contributed by atoms with Gasteiger partial charge in [0.2, 0.25) is 5.91 Å². The zero-order valence-corrected chi connectivity index (χ0v) is 12.9. The van der Waals surface area contributed by atoms with E-state index >= 15 is 0 Å². The van der Waals surface area contributed by atoms with Crippen LogP contribution in [0.15, 0.2) is 24.3 Å². The molecule has 0 saturated heterocycles. The first-order valence-corrected chi connectivity index (χ1v) is 7.57. The Morgan fingerprint density at radius 3 is 2.90 bits per heavy atom. The Morgan fingerprint density at radius 2 is 2.19 bits per heavy atom. The van der Waals surface area contributed by atoms with Crippen LogP contribution in [0.3, 0.4) is 0 Å². The topological polar surface area (TPSA) is 62.1 Å². The Morgan fingerprint density at radius 1 is 1.38 bits per heavy atom. The standard InChI is InChI=1S/C17H24N2O2/c1-3-4-5-6-8-14(2)21-13-17(20)19-16-10-7-9-15(11-16)12-18/h7,9-11,14H,3-6,8,13H2,1-2H3,(H,19,20). The summed E-state index contributed by atoms with van der Waals surface area (Å²) in [6.45, 7) is 4.23. The van der Waals surface area contributed by atoms with Gasteiger partial charge < -0.3 is 10.1 Å². The molecule has 1 aromatic carbocycles. The number of amides is 1. The van der Waals surface area contributed by atoms with Gasteiger partial charge in [-0.1, -0.05) is 38.7 Å². The highest BCUT2D eigenvalue weighted by atomic mass is 16.5. The lowest BCUT2D eigenvalue weighted by atomic mass is 10.1. The first-order valence-electron chi connectivity index (χ1n) is 7.57. The minimum Gasteiger partial charge on any atom is -0.369 e. The number of hydrogen-bond donors (Lipinski definition) is 1. The number of ether oxygens (including phenoxy) is 1. The molecule has 1 atom stereocenters. The van der Waals surface area contributed by atoms with Crippen LogP contribution in [0.1, 0.15) is 51.5 Å². The molecule has 4 heteroatoms. The van der Waals surface area contributed by atoms with E-state index in [4.69, 9.17) is 10.00 Å². The monoisotopic (exact) mass is 288 g/mol. The minimum atomic E-state index is -0.189. The van der Waals surface area contributed by atoms with Gasteiger partial charge in [-0.2, -0.15) is 5.26 Å². The lowest BCUT2D eigenvalue weighted by Gasteiger charge is -2.13. The Labute approximate surface area is 127 Å². The highest BCUT2D eigenvalue weighted by Gasteiger charge is 2.07. The third kappa shape index (κ3) is 7.48. The number of nitriles is 1. The van der Waals surface area contributed by atoms with E-state index in [0.29, 0.717) is 11.3 Å². The predicted molar refractivity (Wildman–Crippen MR) is 84.0 cm³/mol. The second-order valence-corrected chi connectivity index (χ2v) is 5.21. The van der Waals surface area contributed by atoms with Crippen molar-refractivity contribution in [2.45, 2.75) is 52.1 Å². The molecule has 0 radical (unpaired) electrons. The van der Waals surface area contributed by atoms with Gasteiger partial charge in [-0.15, -0.1) is 0 Å². The molecule has 0 fully saturated rings. The minimum absolute atomic E-state index is 0.0473. The molecule has 21 heavy (non-hydrogen) atoms. The quantitative estimate of drug-likeness (QED) is 0.701. The zero-order chi connectivity index (χ0) is 15.5. The van der Waals surface area contributed by atoms with Crippen molar-refractivity contribution in [3.8, 4) is 6.07 Å². The number of benzene rings is 1. The molecule has 0 aliphatic rings. The molecule has 0 aromatic heterocycles. The van der Waals surface area contributed by atoms with Crippen molar-refractivity contribution < 1.29 is 9.53 Å². The van der Waals surface area contributed by atoms with E-state index in [1.807, 2.05) is 13.0 Å². The van der Waals surface area contributed by atoms with Crippen molar-refractivity contribution in [2.75, 3.05) is 11.9 Å². The van der Waals surface area contributed by atoms with Crippen LogP contribution in [-0.4, -0.2) is 18.6 Å². The fourth-order valence-corrected chi connectivity index (χ4v) is 2.02. The van der Waals surface area contributed by atoms with E-state index in [1.165, 1.54) is 19.3 Å². The summed E-state index contributed by atoms with van der Waals surface area (Å²) in [6.07, 6.45) is 5.91. The zero-order valence-electron chi connectivity index (χ0n) is 12.9. The maximum atomic E-state index is 11.8. The molecule has 1 unspecified atom stereocenters. The van der Waals surface area contributed by atoms with E-state index < -0.39 is 0 Å². The largest absolute Gasteiger partial charge is 0.369 e. The number of anilines is 1. The number of nitrogens with one attached hydrogen (secondary N) is 1. The second-order valence-electron chi connectivity index (χ2n) is 5.21. The number of nitrogens with zero attached hydrogens (tertiary/aromatic N) is 1. The first-order chi connectivity index (χ1) is 10.2. The van der Waals surface area contributed by atoms with Gasteiger partial charge >= 0.3 is 0 Å². The summed E-state index contributed by atoms with van der Waals surface area (Å²) in [5.41, 5.74) is 1.15. The van der Waals surface area contributed by atoms with Crippen LogP contribution < -0.4 is 5.32 Å². The Bertz CT molecular complexity index is 480. The van der Waals surface area contributed by atoms with Crippen LogP contribution in [-0.2, 0) is 9.53 Å². The van der Waals surface area contributed by atoms with Crippen LogP contribution in [0.2, 0.25) is 0 Å². The molecule has 1 rings (SSSR count). The van der Waals surface area contributed by atoms with E-state index in [0.717, 1.165) is 12.8 Å². The first kappa shape index (κ1) is 17.2. The SMILES string of the molecule is CCCCCCC(C)OCC(=O)Nc1cccc(C#N)c1. The number of carbonyl (C=O) groups excluding carboxylic acids is 1. The van der Waals surface area contributed by atoms with E-state index in [-0.39, 0.29) is 18.6 Å². The molecular weight excluding hydrogens is 264 g/mol. The number of carbonyl (C=O) groups is 1. The summed E-state index contributed by atoms with van der Waals surface area (Å²) in [4.78, 5) is 11.8. The molecule has 1 amide bonds. The third-order valence-electron chi connectivity index (χ3n) is 3.24. The third-order valence-corrected chi connectivity index (χ3v) is 3.24. The summed E-state index contributed by atoms with van der Waals surface area (Å²) >= 11 is 0. The van der Waals surface area contributed by atoms with Gasteiger partial charge in [0.05, 0.1) is 17.7 Å². The smallest absolute Gasteiger partial charge is 0.250 e. The van der Waals surface area contributed by atoms with E-state index in [2.05, 4.69) is 12.2 Å². The molecular formula is C17H24N2O2. The van der Waals surface area contributed by atoms with Crippen molar-refractivity contribution in [3.05, 3.63) is 29.8 Å². The van der Waals surface area contributed by atoms with Crippen LogP contribution in [0, 0.1) is 11.3 Å². The molecule has 0 spiro atoms. The van der Waals surface area contributed by atoms with Crippen LogP contribution in [0.25, 0.3) is 0 Å². The predicted octanol–water partition coefficient (Wildman–Crippen LogP) is 3.87. The number of rotatable bonds is 9. The van der Waals surface area contributed by atoms with Crippen molar-refractivity contribution in [1.29, 1.82) is 5.26 Å². The lowest BCUT2D eigenvalue weighted by Crippen LogP contribution is -2.21. The van der Waals surface area contributed by atoms with Crippen molar-refractivity contribution in [1.82, 2.24) is 0 Å². The van der Waals surface area contributed by atoms with Gasteiger partial charge in [0.1, 0.15) is 6.61 Å². The molecule has 0 bridgehead atoms. The summed E-state index contributed by atoms with van der Waals surface area (Å²) in [5.74, 6) is -0.189. The van der Waals surface area contributed by atoms with Gasteiger partial charge in [-0.05, 0) is 31.5 Å². The Hall–Kier alpha value is -1.86. The molecule has 0 saturated carbocycles. The van der Waals surface area contributed by atoms with Crippen molar-refractivity contribution in [3.63, 3.8) is 0 Å². The molecule has 114 valence electrons. The molecule has 0 heterocycles. The second kappa shape index (κ2) is 9.95. The summed E-state index contributed by atoms with van der Waals surface area (Å²) < 4.78 is 5.54. The van der Waals surface area contributed by atoms with Gasteiger partial charge in [-0.25, -0.2) is 0 Å². The van der Waals surface area contributed by atoms with E-state index in [9.17, 15) is 4.79 Å². The average molecular weight is 288 g/mol. The average Bonchev–Trinajstić information content (AvgIpc) is 2.50. The fourth-order valence-electron chi connectivity index (χ4n) is 2.02. The van der Waals surface area contributed by atoms with Gasteiger partial charge in [0.15, 0.2) is 0 Å². The highest BCUT2D eigenvalue weighted by molar-refractivity contribution is 5.91. The van der Waals surface area contributed by atoms with Crippen LogP contribution >= 0.6 is 0 Å². The highest BCUT2D eigenvalue weighted by Crippen LogP contribution is 2.10. The van der Waals surface area contributed by atoms with Crippen molar-refractivity contribution >= 4 is 11.6 Å². The Kier molecular flexibility index (Phi) is 8.15. The van der Waals surface area contributed by atoms with Gasteiger partial charge in [-0.3, -0.25) is 4.79 Å². The maximum absolute atomic E-state index is 11.8. The number of unbranched alkanes of at least 4 members (excludes halogenated alkanes) is 3.